The zero-order valence-electron chi connectivity index (χ0n) is 10.2. The summed E-state index contributed by atoms with van der Waals surface area (Å²) in [6, 6.07) is 4.41. The van der Waals surface area contributed by atoms with Crippen molar-refractivity contribution < 1.29 is 9.18 Å². The first-order chi connectivity index (χ1) is 7.29. The second-order valence-electron chi connectivity index (χ2n) is 4.64. The Morgan fingerprint density at radius 2 is 2.06 bits per heavy atom. The highest BCUT2D eigenvalue weighted by molar-refractivity contribution is 5.94. The standard InChI is InChI=1S/C12H17FN2O.ClH/c1-8-4-5-9(6-10(8)13)11(16)15-7-12(2,3)14;/h4-6H,7,14H2,1-3H3,(H,15,16);1H. The van der Waals surface area contributed by atoms with Gasteiger partial charge in [0.05, 0.1) is 0 Å². The van der Waals surface area contributed by atoms with E-state index in [4.69, 9.17) is 5.73 Å². The molecule has 0 heterocycles. The van der Waals surface area contributed by atoms with Crippen molar-refractivity contribution >= 4 is 18.3 Å². The van der Waals surface area contributed by atoms with Crippen molar-refractivity contribution in [3.05, 3.63) is 35.1 Å². The Kier molecular flexibility index (Phi) is 5.58. The largest absolute Gasteiger partial charge is 0.350 e. The highest BCUT2D eigenvalue weighted by Gasteiger charge is 2.13. The van der Waals surface area contributed by atoms with E-state index in [1.807, 2.05) is 13.8 Å². The van der Waals surface area contributed by atoms with Crippen LogP contribution in [0.4, 0.5) is 4.39 Å². The van der Waals surface area contributed by atoms with Crippen LogP contribution in [0.25, 0.3) is 0 Å². The number of rotatable bonds is 3. The fourth-order valence-corrected chi connectivity index (χ4v) is 1.14. The number of amides is 1. The first-order valence-electron chi connectivity index (χ1n) is 5.13. The zero-order chi connectivity index (χ0) is 12.3. The molecule has 1 amide bonds. The summed E-state index contributed by atoms with van der Waals surface area (Å²) in [5, 5.41) is 2.65. The Hall–Kier alpha value is -1.13. The van der Waals surface area contributed by atoms with E-state index in [1.54, 1.807) is 19.1 Å². The zero-order valence-corrected chi connectivity index (χ0v) is 11.0. The average molecular weight is 261 g/mol. The van der Waals surface area contributed by atoms with E-state index in [9.17, 15) is 9.18 Å². The van der Waals surface area contributed by atoms with Crippen molar-refractivity contribution in [2.24, 2.45) is 5.73 Å². The third kappa shape index (κ3) is 5.15. The Morgan fingerprint density at radius 1 is 1.47 bits per heavy atom. The summed E-state index contributed by atoms with van der Waals surface area (Å²) in [5.74, 6) is -0.683. The van der Waals surface area contributed by atoms with Crippen molar-refractivity contribution in [1.82, 2.24) is 5.32 Å². The number of halogens is 2. The van der Waals surface area contributed by atoms with Gasteiger partial charge in [0.1, 0.15) is 5.82 Å². The van der Waals surface area contributed by atoms with Crippen molar-refractivity contribution in [3.63, 3.8) is 0 Å². The maximum absolute atomic E-state index is 13.2. The van der Waals surface area contributed by atoms with Gasteiger partial charge in [0, 0.05) is 17.6 Å². The lowest BCUT2D eigenvalue weighted by atomic mass is 10.1. The number of hydrogen-bond donors (Lipinski definition) is 2. The van der Waals surface area contributed by atoms with Crippen LogP contribution in [0, 0.1) is 12.7 Å². The lowest BCUT2D eigenvalue weighted by Crippen LogP contribution is -2.45. The van der Waals surface area contributed by atoms with Crippen LogP contribution in [-0.4, -0.2) is 18.0 Å². The predicted octanol–water partition coefficient (Wildman–Crippen LogP) is 2.02. The van der Waals surface area contributed by atoms with Crippen LogP contribution in [0.15, 0.2) is 18.2 Å². The minimum atomic E-state index is -0.473. The predicted molar refractivity (Wildman–Crippen MR) is 69.0 cm³/mol. The number of nitrogens with two attached hydrogens (primary N) is 1. The van der Waals surface area contributed by atoms with Gasteiger partial charge in [-0.2, -0.15) is 0 Å². The summed E-state index contributed by atoms with van der Waals surface area (Å²) in [6.07, 6.45) is 0. The molecule has 3 N–H and O–H groups in total. The summed E-state index contributed by atoms with van der Waals surface area (Å²) in [6.45, 7) is 5.62. The molecule has 0 bridgehead atoms. The number of nitrogens with one attached hydrogen (secondary N) is 1. The second-order valence-corrected chi connectivity index (χ2v) is 4.64. The first kappa shape index (κ1) is 15.9. The number of hydrogen-bond acceptors (Lipinski definition) is 2. The van der Waals surface area contributed by atoms with E-state index < -0.39 is 5.54 Å². The molecule has 1 aromatic rings. The molecule has 0 spiro atoms. The van der Waals surface area contributed by atoms with E-state index in [1.165, 1.54) is 6.07 Å². The Labute approximate surface area is 107 Å². The quantitative estimate of drug-likeness (QED) is 0.874. The normalized spacial score (nSPS) is 10.6. The minimum Gasteiger partial charge on any atom is -0.350 e. The number of carbonyl (C=O) groups excluding carboxylic acids is 1. The molecular weight excluding hydrogens is 243 g/mol. The molecule has 3 nitrogen and oxygen atoms in total. The van der Waals surface area contributed by atoms with E-state index in [0.717, 1.165) is 0 Å². The van der Waals surface area contributed by atoms with Crippen LogP contribution in [0.5, 0.6) is 0 Å². The summed E-state index contributed by atoms with van der Waals surface area (Å²) in [4.78, 5) is 11.6. The van der Waals surface area contributed by atoms with Crippen LogP contribution >= 0.6 is 12.4 Å². The van der Waals surface area contributed by atoms with Crippen molar-refractivity contribution in [3.8, 4) is 0 Å². The van der Waals surface area contributed by atoms with Crippen molar-refractivity contribution in [1.29, 1.82) is 0 Å². The molecule has 96 valence electrons. The minimum absolute atomic E-state index is 0. The number of aryl methyl sites for hydroxylation is 1. The van der Waals surface area contributed by atoms with E-state index in [2.05, 4.69) is 5.32 Å². The molecule has 1 rings (SSSR count). The van der Waals surface area contributed by atoms with Gasteiger partial charge in [-0.3, -0.25) is 4.79 Å². The molecule has 17 heavy (non-hydrogen) atoms. The molecule has 0 aliphatic heterocycles. The molecule has 0 aliphatic rings. The Bertz CT molecular complexity index is 402. The van der Waals surface area contributed by atoms with Crippen molar-refractivity contribution in [2.75, 3.05) is 6.54 Å². The first-order valence-corrected chi connectivity index (χ1v) is 5.13. The Morgan fingerprint density at radius 3 is 2.53 bits per heavy atom. The number of carbonyl (C=O) groups is 1. The summed E-state index contributed by atoms with van der Waals surface area (Å²) >= 11 is 0. The summed E-state index contributed by atoms with van der Waals surface area (Å²) in [5.41, 5.74) is 6.09. The molecule has 0 aromatic heterocycles. The van der Waals surface area contributed by atoms with Gasteiger partial charge in [0.2, 0.25) is 0 Å². The second kappa shape index (κ2) is 5.98. The maximum atomic E-state index is 13.2. The topological polar surface area (TPSA) is 55.1 Å². The highest BCUT2D eigenvalue weighted by atomic mass is 35.5. The third-order valence-corrected chi connectivity index (χ3v) is 2.14. The van der Waals surface area contributed by atoms with Gasteiger partial charge in [-0.1, -0.05) is 6.07 Å². The fraction of sp³-hybridized carbons (Fsp3) is 0.417. The Balaban J connectivity index is 0.00000256. The number of benzene rings is 1. The molecule has 0 unspecified atom stereocenters. The van der Waals surface area contributed by atoms with Crippen LogP contribution in [0.3, 0.4) is 0 Å². The molecule has 1 aromatic carbocycles. The van der Waals surface area contributed by atoms with Crippen molar-refractivity contribution in [2.45, 2.75) is 26.3 Å². The molecular formula is C12H18ClFN2O. The smallest absolute Gasteiger partial charge is 0.251 e. The molecule has 0 fully saturated rings. The average Bonchev–Trinajstić information content (AvgIpc) is 2.17. The maximum Gasteiger partial charge on any atom is 0.251 e. The molecule has 5 heteroatoms. The van der Waals surface area contributed by atoms with Gasteiger partial charge < -0.3 is 11.1 Å². The van der Waals surface area contributed by atoms with E-state index in [-0.39, 0.29) is 24.1 Å². The van der Waals surface area contributed by atoms with E-state index in [0.29, 0.717) is 17.7 Å². The van der Waals surface area contributed by atoms with Gasteiger partial charge in [-0.05, 0) is 38.5 Å². The summed E-state index contributed by atoms with van der Waals surface area (Å²) < 4.78 is 13.2. The summed E-state index contributed by atoms with van der Waals surface area (Å²) in [7, 11) is 0. The SMILES string of the molecule is Cc1ccc(C(=O)NCC(C)(C)N)cc1F.Cl. The third-order valence-electron chi connectivity index (χ3n) is 2.14. The molecule has 0 saturated carbocycles. The van der Waals surface area contributed by atoms with Crippen LogP contribution in [-0.2, 0) is 0 Å². The molecule has 0 atom stereocenters. The van der Waals surface area contributed by atoms with E-state index >= 15 is 0 Å². The van der Waals surface area contributed by atoms with Crippen LogP contribution < -0.4 is 11.1 Å². The van der Waals surface area contributed by atoms with Crippen LogP contribution in [0.2, 0.25) is 0 Å². The lowest BCUT2D eigenvalue weighted by Gasteiger charge is -2.18. The lowest BCUT2D eigenvalue weighted by molar-refractivity contribution is 0.0945. The van der Waals surface area contributed by atoms with Gasteiger partial charge in [-0.25, -0.2) is 4.39 Å². The van der Waals surface area contributed by atoms with Gasteiger partial charge in [0.25, 0.3) is 5.91 Å². The molecule has 0 aliphatic carbocycles. The molecule has 0 saturated heterocycles. The fourth-order valence-electron chi connectivity index (χ4n) is 1.14. The van der Waals surface area contributed by atoms with Gasteiger partial charge in [-0.15, -0.1) is 12.4 Å². The molecule has 0 radical (unpaired) electrons. The van der Waals surface area contributed by atoms with Gasteiger partial charge in [0.15, 0.2) is 0 Å². The van der Waals surface area contributed by atoms with Crippen LogP contribution in [0.1, 0.15) is 29.8 Å². The monoisotopic (exact) mass is 260 g/mol. The van der Waals surface area contributed by atoms with Gasteiger partial charge >= 0.3 is 0 Å². The highest BCUT2D eigenvalue weighted by Crippen LogP contribution is 2.09.